The van der Waals surface area contributed by atoms with Crippen LogP contribution in [0, 0.1) is 12.8 Å². The van der Waals surface area contributed by atoms with Crippen LogP contribution in [0.5, 0.6) is 0 Å². The van der Waals surface area contributed by atoms with Crippen LogP contribution in [0.25, 0.3) is 10.9 Å². The van der Waals surface area contributed by atoms with Crippen molar-refractivity contribution in [1.82, 2.24) is 15.2 Å². The van der Waals surface area contributed by atoms with E-state index in [1.54, 1.807) is 0 Å². The highest BCUT2D eigenvalue weighted by molar-refractivity contribution is 5.79. The molecule has 3 nitrogen and oxygen atoms in total. The summed E-state index contributed by atoms with van der Waals surface area (Å²) in [7, 11) is 0. The summed E-state index contributed by atoms with van der Waals surface area (Å²) in [5.74, 6) is 0.815. The van der Waals surface area contributed by atoms with Crippen molar-refractivity contribution in [2.24, 2.45) is 5.92 Å². The largest absolute Gasteiger partial charge is 0.312 e. The van der Waals surface area contributed by atoms with Gasteiger partial charge in [-0.3, -0.25) is 4.98 Å². The minimum absolute atomic E-state index is 0.815. The molecule has 1 fully saturated rings. The monoisotopic (exact) mass is 283 g/mol. The topological polar surface area (TPSA) is 28.2 Å². The van der Waals surface area contributed by atoms with E-state index >= 15 is 0 Å². The van der Waals surface area contributed by atoms with Crippen LogP contribution in [0.1, 0.15) is 24.6 Å². The summed E-state index contributed by atoms with van der Waals surface area (Å²) in [5, 5.41) is 4.85. The van der Waals surface area contributed by atoms with E-state index in [1.165, 1.54) is 37.0 Å². The Bertz CT molecular complexity index is 608. The Morgan fingerprint density at radius 1 is 1.29 bits per heavy atom. The molecule has 2 heterocycles. The first-order valence-electron chi connectivity index (χ1n) is 8.04. The standard InChI is InChI=1S/C18H25N3/c1-3-21-9-8-16(13-21)12-19-11-15-5-7-18-17(10-15)6-4-14(2)20-18/h4-7,10,16,19H,3,8-9,11-13H2,1-2H3. The third kappa shape index (κ3) is 3.60. The van der Waals surface area contributed by atoms with Crippen molar-refractivity contribution in [3.05, 3.63) is 41.6 Å². The molecule has 1 aromatic carbocycles. The lowest BCUT2D eigenvalue weighted by molar-refractivity contribution is 0.339. The van der Waals surface area contributed by atoms with Crippen LogP contribution in [0.2, 0.25) is 0 Å². The van der Waals surface area contributed by atoms with E-state index in [0.29, 0.717) is 0 Å². The molecule has 1 saturated heterocycles. The minimum Gasteiger partial charge on any atom is -0.312 e. The second-order valence-corrected chi connectivity index (χ2v) is 6.16. The first kappa shape index (κ1) is 14.5. The van der Waals surface area contributed by atoms with E-state index in [2.05, 4.69) is 52.5 Å². The lowest BCUT2D eigenvalue weighted by Crippen LogP contribution is -2.26. The second-order valence-electron chi connectivity index (χ2n) is 6.16. The quantitative estimate of drug-likeness (QED) is 0.914. The molecule has 112 valence electrons. The molecule has 1 aliphatic heterocycles. The van der Waals surface area contributed by atoms with Crippen LogP contribution in [-0.2, 0) is 6.54 Å². The molecule has 1 unspecified atom stereocenters. The highest BCUT2D eigenvalue weighted by atomic mass is 15.1. The summed E-state index contributed by atoms with van der Waals surface area (Å²) in [6, 6.07) is 10.8. The van der Waals surface area contributed by atoms with E-state index in [1.807, 2.05) is 6.92 Å². The van der Waals surface area contributed by atoms with Crippen molar-refractivity contribution in [1.29, 1.82) is 0 Å². The number of benzene rings is 1. The Hall–Kier alpha value is -1.45. The van der Waals surface area contributed by atoms with Crippen LogP contribution >= 0.6 is 0 Å². The molecule has 0 saturated carbocycles. The van der Waals surface area contributed by atoms with Gasteiger partial charge in [-0.05, 0) is 62.7 Å². The van der Waals surface area contributed by atoms with E-state index in [0.717, 1.165) is 30.2 Å². The Labute approximate surface area is 127 Å². The van der Waals surface area contributed by atoms with Gasteiger partial charge in [-0.2, -0.15) is 0 Å². The van der Waals surface area contributed by atoms with Gasteiger partial charge < -0.3 is 10.2 Å². The molecule has 0 bridgehead atoms. The van der Waals surface area contributed by atoms with Gasteiger partial charge in [0.15, 0.2) is 0 Å². The van der Waals surface area contributed by atoms with Crippen LogP contribution in [0.15, 0.2) is 30.3 Å². The second kappa shape index (κ2) is 6.54. The molecule has 1 atom stereocenters. The summed E-state index contributed by atoms with van der Waals surface area (Å²) in [6.07, 6.45) is 1.34. The van der Waals surface area contributed by atoms with Gasteiger partial charge in [0.1, 0.15) is 0 Å². The number of aryl methyl sites for hydroxylation is 1. The van der Waals surface area contributed by atoms with Crippen molar-refractivity contribution in [3.8, 4) is 0 Å². The molecule has 0 amide bonds. The summed E-state index contributed by atoms with van der Waals surface area (Å²) < 4.78 is 0. The predicted molar refractivity (Wildman–Crippen MR) is 88.4 cm³/mol. The SMILES string of the molecule is CCN1CCC(CNCc2ccc3nc(C)ccc3c2)C1. The Morgan fingerprint density at radius 2 is 2.19 bits per heavy atom. The van der Waals surface area contributed by atoms with E-state index in [-0.39, 0.29) is 0 Å². The highest BCUT2D eigenvalue weighted by Crippen LogP contribution is 2.16. The predicted octanol–water partition coefficient (Wildman–Crippen LogP) is 2.97. The summed E-state index contributed by atoms with van der Waals surface area (Å²) in [5.41, 5.74) is 3.52. The number of hydrogen-bond acceptors (Lipinski definition) is 3. The van der Waals surface area contributed by atoms with Crippen LogP contribution in [0.3, 0.4) is 0 Å². The van der Waals surface area contributed by atoms with Gasteiger partial charge in [0.25, 0.3) is 0 Å². The van der Waals surface area contributed by atoms with Gasteiger partial charge in [0.05, 0.1) is 5.52 Å². The summed E-state index contributed by atoms with van der Waals surface area (Å²) in [4.78, 5) is 7.09. The van der Waals surface area contributed by atoms with Gasteiger partial charge in [-0.1, -0.05) is 19.1 Å². The number of nitrogens with zero attached hydrogens (tertiary/aromatic N) is 2. The molecular formula is C18H25N3. The fourth-order valence-electron chi connectivity index (χ4n) is 3.17. The molecule has 3 rings (SSSR count). The Morgan fingerprint density at radius 3 is 3.00 bits per heavy atom. The van der Waals surface area contributed by atoms with Crippen molar-refractivity contribution in [2.75, 3.05) is 26.2 Å². The molecule has 0 radical (unpaired) electrons. The third-order valence-electron chi connectivity index (χ3n) is 4.47. The molecule has 2 aromatic rings. The third-order valence-corrected chi connectivity index (χ3v) is 4.47. The van der Waals surface area contributed by atoms with E-state index in [4.69, 9.17) is 0 Å². The number of hydrogen-bond donors (Lipinski definition) is 1. The first-order chi connectivity index (χ1) is 10.2. The molecule has 1 aliphatic rings. The Balaban J connectivity index is 1.55. The van der Waals surface area contributed by atoms with Crippen LogP contribution < -0.4 is 5.32 Å². The zero-order valence-electron chi connectivity index (χ0n) is 13.1. The van der Waals surface area contributed by atoms with Crippen molar-refractivity contribution in [2.45, 2.75) is 26.8 Å². The van der Waals surface area contributed by atoms with Gasteiger partial charge in [0.2, 0.25) is 0 Å². The molecule has 1 aromatic heterocycles. The number of rotatable bonds is 5. The molecule has 0 aliphatic carbocycles. The maximum Gasteiger partial charge on any atom is 0.0705 e. The summed E-state index contributed by atoms with van der Waals surface area (Å²) >= 11 is 0. The van der Waals surface area contributed by atoms with Gasteiger partial charge in [-0.15, -0.1) is 0 Å². The molecule has 21 heavy (non-hydrogen) atoms. The number of fused-ring (bicyclic) bond motifs is 1. The zero-order chi connectivity index (χ0) is 14.7. The molecule has 0 spiro atoms. The van der Waals surface area contributed by atoms with Gasteiger partial charge in [0, 0.05) is 24.2 Å². The molecular weight excluding hydrogens is 258 g/mol. The van der Waals surface area contributed by atoms with E-state index in [9.17, 15) is 0 Å². The average Bonchev–Trinajstić information content (AvgIpc) is 2.95. The number of pyridine rings is 1. The van der Waals surface area contributed by atoms with Crippen LogP contribution in [-0.4, -0.2) is 36.1 Å². The number of aromatic nitrogens is 1. The number of nitrogens with one attached hydrogen (secondary N) is 1. The van der Waals surface area contributed by atoms with Crippen molar-refractivity contribution >= 4 is 10.9 Å². The fraction of sp³-hybridized carbons (Fsp3) is 0.500. The molecule has 3 heteroatoms. The van der Waals surface area contributed by atoms with Gasteiger partial charge >= 0.3 is 0 Å². The normalized spacial score (nSPS) is 19.4. The fourth-order valence-corrected chi connectivity index (χ4v) is 3.17. The van der Waals surface area contributed by atoms with Crippen molar-refractivity contribution in [3.63, 3.8) is 0 Å². The zero-order valence-corrected chi connectivity index (χ0v) is 13.1. The Kier molecular flexibility index (Phi) is 4.51. The van der Waals surface area contributed by atoms with Crippen LogP contribution in [0.4, 0.5) is 0 Å². The molecule has 1 N–H and O–H groups in total. The first-order valence-corrected chi connectivity index (χ1v) is 8.04. The van der Waals surface area contributed by atoms with Crippen molar-refractivity contribution < 1.29 is 0 Å². The average molecular weight is 283 g/mol. The maximum absolute atomic E-state index is 4.55. The van der Waals surface area contributed by atoms with E-state index < -0.39 is 0 Å². The highest BCUT2D eigenvalue weighted by Gasteiger charge is 2.20. The van der Waals surface area contributed by atoms with Gasteiger partial charge in [-0.25, -0.2) is 0 Å². The lowest BCUT2D eigenvalue weighted by atomic mass is 10.1. The smallest absolute Gasteiger partial charge is 0.0705 e. The lowest BCUT2D eigenvalue weighted by Gasteiger charge is -2.14. The summed E-state index contributed by atoms with van der Waals surface area (Å²) in [6.45, 7) is 10.1. The minimum atomic E-state index is 0.815. The maximum atomic E-state index is 4.55. The number of likely N-dealkylation sites (tertiary alicyclic amines) is 1.